The van der Waals surface area contributed by atoms with Crippen LogP contribution in [-0.2, 0) is 0 Å². The van der Waals surface area contributed by atoms with Crippen LogP contribution in [0.4, 0.5) is 10.1 Å². The van der Waals surface area contributed by atoms with Gasteiger partial charge in [-0.15, -0.1) is 11.3 Å². The van der Waals surface area contributed by atoms with E-state index in [9.17, 15) is 9.18 Å². The molecule has 0 amide bonds. The summed E-state index contributed by atoms with van der Waals surface area (Å²) in [5.74, 6) is 0.521. The lowest BCUT2D eigenvalue weighted by Crippen LogP contribution is -2.34. The summed E-state index contributed by atoms with van der Waals surface area (Å²) >= 11 is 1.59. The number of H-pyrrole nitrogens is 1. The zero-order chi connectivity index (χ0) is 19.8. The van der Waals surface area contributed by atoms with Crippen molar-refractivity contribution in [2.24, 2.45) is 0 Å². The molecule has 1 N–H and O–H groups in total. The molecule has 1 aromatic carbocycles. The van der Waals surface area contributed by atoms with Crippen LogP contribution in [0, 0.1) is 19.7 Å². The fourth-order valence-electron chi connectivity index (χ4n) is 3.88. The molecule has 0 radical (unpaired) electrons. The highest BCUT2D eigenvalue weighted by Gasteiger charge is 2.23. The number of hydrogen-bond acceptors (Lipinski definition) is 5. The molecule has 0 saturated carbocycles. The number of benzene rings is 1. The molecule has 3 aromatic rings. The van der Waals surface area contributed by atoms with Gasteiger partial charge in [-0.25, -0.2) is 9.37 Å². The summed E-state index contributed by atoms with van der Waals surface area (Å²) in [6.07, 6.45) is 1.01. The standard InChI is InChI=1S/C21H25FN4OS/c1-13-15(3)28-21-18(13)20(27)23-19(24-21)14(2)25-9-4-10-26(12-11-25)17-7-5-16(22)6-8-17/h5-8,14H,4,9-12H2,1-3H3,(H,23,24,27). The summed E-state index contributed by atoms with van der Waals surface area (Å²) < 4.78 is 13.2. The lowest BCUT2D eigenvalue weighted by Gasteiger charge is -2.27. The Balaban J connectivity index is 1.54. The summed E-state index contributed by atoms with van der Waals surface area (Å²) in [7, 11) is 0. The maximum atomic E-state index is 13.2. The fraction of sp³-hybridized carbons (Fsp3) is 0.429. The van der Waals surface area contributed by atoms with Gasteiger partial charge in [0.05, 0.1) is 11.4 Å². The third-order valence-electron chi connectivity index (χ3n) is 5.72. The molecular formula is C21H25FN4OS. The predicted molar refractivity (Wildman–Crippen MR) is 113 cm³/mol. The number of rotatable bonds is 3. The van der Waals surface area contributed by atoms with Gasteiger partial charge in [-0.2, -0.15) is 0 Å². The summed E-state index contributed by atoms with van der Waals surface area (Å²) in [5.41, 5.74) is 2.03. The van der Waals surface area contributed by atoms with Gasteiger partial charge in [0.2, 0.25) is 0 Å². The Morgan fingerprint density at radius 3 is 2.64 bits per heavy atom. The van der Waals surface area contributed by atoms with Gasteiger partial charge < -0.3 is 9.88 Å². The fourth-order valence-corrected chi connectivity index (χ4v) is 4.91. The van der Waals surface area contributed by atoms with Crippen molar-refractivity contribution in [2.45, 2.75) is 33.2 Å². The molecule has 3 heterocycles. The van der Waals surface area contributed by atoms with E-state index in [1.54, 1.807) is 11.3 Å². The highest BCUT2D eigenvalue weighted by Crippen LogP contribution is 2.28. The first-order valence-electron chi connectivity index (χ1n) is 9.68. The molecule has 0 spiro atoms. The second-order valence-corrected chi connectivity index (χ2v) is 8.65. The van der Waals surface area contributed by atoms with E-state index >= 15 is 0 Å². The normalized spacial score (nSPS) is 17.1. The molecule has 1 aliphatic heterocycles. The molecule has 0 aliphatic carbocycles. The van der Waals surface area contributed by atoms with Crippen LogP contribution in [0.3, 0.4) is 0 Å². The lowest BCUT2D eigenvalue weighted by molar-refractivity contribution is 0.218. The van der Waals surface area contributed by atoms with Gasteiger partial charge in [-0.1, -0.05) is 0 Å². The number of nitrogens with zero attached hydrogens (tertiary/aromatic N) is 3. The van der Waals surface area contributed by atoms with E-state index in [1.165, 1.54) is 12.1 Å². The Hall–Kier alpha value is -2.25. The topological polar surface area (TPSA) is 52.2 Å². The van der Waals surface area contributed by atoms with E-state index < -0.39 is 0 Å². The van der Waals surface area contributed by atoms with Crippen molar-refractivity contribution in [2.75, 3.05) is 31.1 Å². The molecule has 2 aromatic heterocycles. The second-order valence-electron chi connectivity index (χ2n) is 7.44. The maximum absolute atomic E-state index is 13.2. The van der Waals surface area contributed by atoms with Crippen molar-refractivity contribution >= 4 is 27.2 Å². The van der Waals surface area contributed by atoms with Crippen LogP contribution in [-0.4, -0.2) is 41.0 Å². The van der Waals surface area contributed by atoms with Gasteiger partial charge in [0, 0.05) is 36.7 Å². The SMILES string of the molecule is Cc1sc2nc(C(C)N3CCCN(c4ccc(F)cc4)CC3)[nH]c(=O)c2c1C. The lowest BCUT2D eigenvalue weighted by atomic mass is 10.2. The van der Waals surface area contributed by atoms with E-state index in [0.29, 0.717) is 0 Å². The van der Waals surface area contributed by atoms with Gasteiger partial charge in [-0.3, -0.25) is 9.69 Å². The Morgan fingerprint density at radius 2 is 1.89 bits per heavy atom. The van der Waals surface area contributed by atoms with Gasteiger partial charge in [0.25, 0.3) is 5.56 Å². The average Bonchev–Trinajstić information content (AvgIpc) is 2.85. The molecule has 28 heavy (non-hydrogen) atoms. The molecule has 1 aliphatic rings. The first-order chi connectivity index (χ1) is 13.4. The molecule has 4 rings (SSSR count). The summed E-state index contributed by atoms with van der Waals surface area (Å²) in [6, 6.07) is 6.73. The smallest absolute Gasteiger partial charge is 0.259 e. The first-order valence-corrected chi connectivity index (χ1v) is 10.5. The number of thiophene rings is 1. The number of anilines is 1. The van der Waals surface area contributed by atoms with Crippen molar-refractivity contribution in [3.8, 4) is 0 Å². The number of fused-ring (bicyclic) bond motifs is 1. The molecule has 1 saturated heterocycles. The third-order valence-corrected chi connectivity index (χ3v) is 6.82. The molecular weight excluding hydrogens is 375 g/mol. The van der Waals surface area contributed by atoms with Crippen LogP contribution < -0.4 is 10.5 Å². The number of aromatic nitrogens is 2. The Kier molecular flexibility index (Phi) is 5.21. The molecule has 1 unspecified atom stereocenters. The van der Waals surface area contributed by atoms with Gasteiger partial charge >= 0.3 is 0 Å². The minimum absolute atomic E-state index is 0.0352. The van der Waals surface area contributed by atoms with Crippen LogP contribution in [0.5, 0.6) is 0 Å². The maximum Gasteiger partial charge on any atom is 0.259 e. The number of aromatic amines is 1. The zero-order valence-electron chi connectivity index (χ0n) is 16.5. The minimum Gasteiger partial charge on any atom is -0.370 e. The number of nitrogens with one attached hydrogen (secondary N) is 1. The highest BCUT2D eigenvalue weighted by atomic mass is 32.1. The summed E-state index contributed by atoms with van der Waals surface area (Å²) in [4.78, 5) is 27.0. The van der Waals surface area contributed by atoms with Crippen LogP contribution in [0.2, 0.25) is 0 Å². The molecule has 1 fully saturated rings. The summed E-state index contributed by atoms with van der Waals surface area (Å²) in [5, 5.41) is 0.719. The quantitative estimate of drug-likeness (QED) is 0.722. The Labute approximate surface area is 167 Å². The number of hydrogen-bond donors (Lipinski definition) is 1. The summed E-state index contributed by atoms with van der Waals surface area (Å²) in [6.45, 7) is 9.70. The number of halogens is 1. The Bertz CT molecular complexity index is 1040. The average molecular weight is 401 g/mol. The second kappa shape index (κ2) is 7.64. The zero-order valence-corrected chi connectivity index (χ0v) is 17.3. The highest BCUT2D eigenvalue weighted by molar-refractivity contribution is 7.18. The predicted octanol–water partition coefficient (Wildman–Crippen LogP) is 4.01. The van der Waals surface area contributed by atoms with Gasteiger partial charge in [0.1, 0.15) is 16.5 Å². The molecule has 148 valence electrons. The molecule has 7 heteroatoms. The Morgan fingerprint density at radius 1 is 1.14 bits per heavy atom. The number of aryl methyl sites for hydroxylation is 2. The van der Waals surface area contributed by atoms with Crippen molar-refractivity contribution in [1.29, 1.82) is 0 Å². The van der Waals surface area contributed by atoms with Crippen LogP contribution in [0.25, 0.3) is 10.2 Å². The van der Waals surface area contributed by atoms with E-state index in [2.05, 4.69) is 21.7 Å². The third kappa shape index (κ3) is 3.56. The van der Waals surface area contributed by atoms with E-state index in [1.807, 2.05) is 26.0 Å². The van der Waals surface area contributed by atoms with Crippen LogP contribution >= 0.6 is 11.3 Å². The van der Waals surface area contributed by atoms with E-state index in [-0.39, 0.29) is 17.4 Å². The van der Waals surface area contributed by atoms with E-state index in [4.69, 9.17) is 4.98 Å². The molecule has 5 nitrogen and oxygen atoms in total. The van der Waals surface area contributed by atoms with E-state index in [0.717, 1.165) is 64.8 Å². The largest absolute Gasteiger partial charge is 0.370 e. The van der Waals surface area contributed by atoms with Gasteiger partial charge in [0.15, 0.2) is 0 Å². The van der Waals surface area contributed by atoms with Gasteiger partial charge in [-0.05, 0) is 57.0 Å². The van der Waals surface area contributed by atoms with Crippen molar-refractivity contribution in [3.63, 3.8) is 0 Å². The molecule has 1 atom stereocenters. The van der Waals surface area contributed by atoms with Crippen molar-refractivity contribution in [1.82, 2.24) is 14.9 Å². The minimum atomic E-state index is -0.210. The monoisotopic (exact) mass is 400 g/mol. The molecule has 0 bridgehead atoms. The van der Waals surface area contributed by atoms with Crippen LogP contribution in [0.15, 0.2) is 29.1 Å². The van der Waals surface area contributed by atoms with Crippen LogP contribution in [0.1, 0.15) is 35.7 Å². The first kappa shape index (κ1) is 19.1. The van der Waals surface area contributed by atoms with Crippen molar-refractivity contribution < 1.29 is 4.39 Å². The van der Waals surface area contributed by atoms with Crippen molar-refractivity contribution in [3.05, 3.63) is 56.7 Å².